The van der Waals surface area contributed by atoms with Crippen LogP contribution in [0.1, 0.15) is 19.8 Å². The van der Waals surface area contributed by atoms with Gasteiger partial charge in [-0.05, 0) is 32.7 Å². The van der Waals surface area contributed by atoms with E-state index in [9.17, 15) is 4.79 Å². The molecular formula is C8H16N2O. The highest BCUT2D eigenvalue weighted by atomic mass is 16.1. The molecule has 0 radical (unpaired) electrons. The van der Waals surface area contributed by atoms with Crippen LogP contribution in [-0.4, -0.2) is 30.4 Å². The second-order valence-corrected chi connectivity index (χ2v) is 3.46. The van der Waals surface area contributed by atoms with E-state index in [-0.39, 0.29) is 5.91 Å². The number of carbonyl (C=O) groups excluding carboxylic acids is 1. The predicted molar refractivity (Wildman–Crippen MR) is 44.0 cm³/mol. The fourth-order valence-corrected chi connectivity index (χ4v) is 1.33. The first-order valence-electron chi connectivity index (χ1n) is 4.10. The van der Waals surface area contributed by atoms with Gasteiger partial charge in [0.25, 0.3) is 0 Å². The van der Waals surface area contributed by atoms with E-state index >= 15 is 0 Å². The molecule has 0 bridgehead atoms. The SMILES string of the molecule is CC(C1CC1)N(C)CC(N)=O. The van der Waals surface area contributed by atoms with Gasteiger partial charge in [-0.25, -0.2) is 0 Å². The first-order valence-corrected chi connectivity index (χ1v) is 4.10. The van der Waals surface area contributed by atoms with E-state index in [0.717, 1.165) is 5.92 Å². The first-order chi connectivity index (χ1) is 5.11. The van der Waals surface area contributed by atoms with Gasteiger partial charge in [-0.1, -0.05) is 0 Å². The Balaban J connectivity index is 2.26. The maximum atomic E-state index is 10.5. The van der Waals surface area contributed by atoms with E-state index in [0.29, 0.717) is 12.6 Å². The number of rotatable bonds is 4. The molecule has 1 saturated carbocycles. The molecule has 1 unspecified atom stereocenters. The maximum absolute atomic E-state index is 10.5. The summed E-state index contributed by atoms with van der Waals surface area (Å²) in [5.41, 5.74) is 5.07. The number of nitrogens with zero attached hydrogens (tertiary/aromatic N) is 1. The lowest BCUT2D eigenvalue weighted by molar-refractivity contribution is -0.119. The smallest absolute Gasteiger partial charge is 0.231 e. The lowest BCUT2D eigenvalue weighted by atomic mass is 10.2. The summed E-state index contributed by atoms with van der Waals surface area (Å²) in [4.78, 5) is 12.6. The third-order valence-corrected chi connectivity index (χ3v) is 2.40. The van der Waals surface area contributed by atoms with Crippen molar-refractivity contribution in [1.29, 1.82) is 0 Å². The van der Waals surface area contributed by atoms with E-state index in [2.05, 4.69) is 6.92 Å². The second-order valence-electron chi connectivity index (χ2n) is 3.46. The van der Waals surface area contributed by atoms with Gasteiger partial charge in [0.15, 0.2) is 0 Å². The molecule has 0 aromatic carbocycles. The Bertz CT molecular complexity index is 154. The second kappa shape index (κ2) is 3.22. The standard InChI is InChI=1S/C8H16N2O/c1-6(7-3-4-7)10(2)5-8(9)11/h6-7H,3-5H2,1-2H3,(H2,9,11). The third kappa shape index (κ3) is 2.50. The van der Waals surface area contributed by atoms with Crippen molar-refractivity contribution < 1.29 is 4.79 Å². The number of likely N-dealkylation sites (N-methyl/N-ethyl adjacent to an activating group) is 1. The zero-order valence-electron chi connectivity index (χ0n) is 7.21. The number of nitrogens with two attached hydrogens (primary N) is 1. The average Bonchev–Trinajstić information content (AvgIpc) is 2.65. The van der Waals surface area contributed by atoms with Gasteiger partial charge in [0.1, 0.15) is 0 Å². The Morgan fingerprint density at radius 2 is 2.27 bits per heavy atom. The molecule has 0 saturated heterocycles. The van der Waals surface area contributed by atoms with Gasteiger partial charge in [0.05, 0.1) is 6.54 Å². The molecule has 11 heavy (non-hydrogen) atoms. The molecule has 0 spiro atoms. The molecule has 1 rings (SSSR count). The van der Waals surface area contributed by atoms with Gasteiger partial charge in [-0.15, -0.1) is 0 Å². The van der Waals surface area contributed by atoms with E-state index in [1.807, 2.05) is 11.9 Å². The van der Waals surface area contributed by atoms with Gasteiger partial charge in [0, 0.05) is 6.04 Å². The highest BCUT2D eigenvalue weighted by Crippen LogP contribution is 2.34. The van der Waals surface area contributed by atoms with Gasteiger partial charge in [-0.3, -0.25) is 9.69 Å². The molecule has 64 valence electrons. The first kappa shape index (κ1) is 8.53. The predicted octanol–water partition coefficient (Wildman–Crippen LogP) is 0.202. The largest absolute Gasteiger partial charge is 0.369 e. The number of hydrogen-bond acceptors (Lipinski definition) is 2. The lowest BCUT2D eigenvalue weighted by Crippen LogP contribution is -2.37. The summed E-state index contributed by atoms with van der Waals surface area (Å²) in [5.74, 6) is 0.569. The molecule has 2 N–H and O–H groups in total. The van der Waals surface area contributed by atoms with E-state index in [4.69, 9.17) is 5.73 Å². The summed E-state index contributed by atoms with van der Waals surface area (Å²) >= 11 is 0. The molecular weight excluding hydrogens is 140 g/mol. The van der Waals surface area contributed by atoms with Gasteiger partial charge in [-0.2, -0.15) is 0 Å². The number of hydrogen-bond donors (Lipinski definition) is 1. The van der Waals surface area contributed by atoms with Gasteiger partial charge < -0.3 is 5.73 Å². The van der Waals surface area contributed by atoms with Crippen molar-refractivity contribution in [3.8, 4) is 0 Å². The Morgan fingerprint density at radius 3 is 2.64 bits per heavy atom. The average molecular weight is 156 g/mol. The molecule has 0 aromatic rings. The Hall–Kier alpha value is -0.570. The molecule has 1 aliphatic rings. The minimum Gasteiger partial charge on any atom is -0.369 e. The number of amides is 1. The zero-order valence-corrected chi connectivity index (χ0v) is 7.21. The number of carbonyl (C=O) groups is 1. The van der Waals surface area contributed by atoms with Crippen molar-refractivity contribution in [1.82, 2.24) is 4.90 Å². The van der Waals surface area contributed by atoms with E-state index in [1.165, 1.54) is 12.8 Å². The zero-order chi connectivity index (χ0) is 8.43. The van der Waals surface area contributed by atoms with Crippen LogP contribution < -0.4 is 5.73 Å². The number of primary amides is 1. The Kier molecular flexibility index (Phi) is 2.49. The Morgan fingerprint density at radius 1 is 1.73 bits per heavy atom. The fourth-order valence-electron chi connectivity index (χ4n) is 1.33. The van der Waals surface area contributed by atoms with Crippen LogP contribution in [0.4, 0.5) is 0 Å². The highest BCUT2D eigenvalue weighted by molar-refractivity contribution is 5.75. The molecule has 3 nitrogen and oxygen atoms in total. The molecule has 3 heteroatoms. The summed E-state index contributed by atoms with van der Waals surface area (Å²) in [5, 5.41) is 0. The van der Waals surface area contributed by atoms with Crippen molar-refractivity contribution in [2.24, 2.45) is 11.7 Å². The topological polar surface area (TPSA) is 46.3 Å². The van der Waals surface area contributed by atoms with Crippen LogP contribution in [0.25, 0.3) is 0 Å². The molecule has 0 aliphatic heterocycles. The van der Waals surface area contributed by atoms with E-state index < -0.39 is 0 Å². The summed E-state index contributed by atoms with van der Waals surface area (Å²) in [6.45, 7) is 2.54. The minimum absolute atomic E-state index is 0.236. The highest BCUT2D eigenvalue weighted by Gasteiger charge is 2.30. The van der Waals surface area contributed by atoms with Crippen LogP contribution in [0.5, 0.6) is 0 Å². The van der Waals surface area contributed by atoms with Gasteiger partial charge >= 0.3 is 0 Å². The van der Waals surface area contributed by atoms with Crippen molar-refractivity contribution in [3.63, 3.8) is 0 Å². The molecule has 1 aliphatic carbocycles. The summed E-state index contributed by atoms with van der Waals surface area (Å²) in [6.07, 6.45) is 2.62. The molecule has 1 atom stereocenters. The normalized spacial score (nSPS) is 20.3. The van der Waals surface area contributed by atoms with Gasteiger partial charge in [0.2, 0.25) is 5.91 Å². The minimum atomic E-state index is -0.236. The van der Waals surface area contributed by atoms with Crippen LogP contribution >= 0.6 is 0 Å². The van der Waals surface area contributed by atoms with Crippen molar-refractivity contribution in [3.05, 3.63) is 0 Å². The maximum Gasteiger partial charge on any atom is 0.231 e. The third-order valence-electron chi connectivity index (χ3n) is 2.40. The molecule has 1 amide bonds. The van der Waals surface area contributed by atoms with Crippen LogP contribution in [0.3, 0.4) is 0 Å². The lowest BCUT2D eigenvalue weighted by Gasteiger charge is -2.22. The van der Waals surface area contributed by atoms with Crippen molar-refractivity contribution >= 4 is 5.91 Å². The summed E-state index contributed by atoms with van der Waals surface area (Å²) < 4.78 is 0. The van der Waals surface area contributed by atoms with Crippen LogP contribution in [0.2, 0.25) is 0 Å². The molecule has 0 heterocycles. The van der Waals surface area contributed by atoms with Crippen molar-refractivity contribution in [2.75, 3.05) is 13.6 Å². The monoisotopic (exact) mass is 156 g/mol. The van der Waals surface area contributed by atoms with Crippen LogP contribution in [0, 0.1) is 5.92 Å². The Labute approximate surface area is 67.5 Å². The van der Waals surface area contributed by atoms with Crippen LogP contribution in [-0.2, 0) is 4.79 Å². The fraction of sp³-hybridized carbons (Fsp3) is 0.875. The quantitative estimate of drug-likeness (QED) is 0.632. The summed E-state index contributed by atoms with van der Waals surface area (Å²) in [7, 11) is 1.95. The van der Waals surface area contributed by atoms with Crippen molar-refractivity contribution in [2.45, 2.75) is 25.8 Å². The van der Waals surface area contributed by atoms with E-state index in [1.54, 1.807) is 0 Å². The van der Waals surface area contributed by atoms with Crippen LogP contribution in [0.15, 0.2) is 0 Å². The molecule has 1 fully saturated rings. The summed E-state index contributed by atoms with van der Waals surface area (Å²) in [6, 6.07) is 0.516. The molecule has 0 aromatic heterocycles.